The number of carbonyl (C=O) groups is 1. The van der Waals surface area contributed by atoms with Gasteiger partial charge < -0.3 is 14.6 Å². The lowest BCUT2D eigenvalue weighted by atomic mass is 10.2. The highest BCUT2D eigenvalue weighted by Crippen LogP contribution is 2.33. The Kier molecular flexibility index (Phi) is 4.28. The minimum absolute atomic E-state index is 0.0148. The third-order valence-corrected chi connectivity index (χ3v) is 2.96. The largest absolute Gasteiger partial charge is 0.444 e. The maximum Gasteiger partial charge on any atom is 0.418 e. The minimum Gasteiger partial charge on any atom is -0.444 e. The van der Waals surface area contributed by atoms with Gasteiger partial charge in [0.05, 0.1) is 17.6 Å². The smallest absolute Gasteiger partial charge is 0.418 e. The number of hydrogen-bond donors (Lipinski definition) is 1. The molecule has 1 aromatic carbocycles. The second-order valence-electron chi connectivity index (χ2n) is 6.22. The van der Waals surface area contributed by atoms with E-state index in [-0.39, 0.29) is 23.4 Å². The molecule has 23 heavy (non-hydrogen) atoms. The first-order valence-corrected chi connectivity index (χ1v) is 6.96. The number of rotatable bonds is 2. The van der Waals surface area contributed by atoms with E-state index < -0.39 is 23.4 Å². The summed E-state index contributed by atoms with van der Waals surface area (Å²) in [6.45, 7) is 5.21. The molecule has 0 unspecified atom stereocenters. The fourth-order valence-electron chi connectivity index (χ4n) is 2.02. The lowest BCUT2D eigenvalue weighted by Crippen LogP contribution is -2.34. The normalized spacial score (nSPS) is 12.5. The van der Waals surface area contributed by atoms with E-state index in [4.69, 9.17) is 4.74 Å². The predicted octanol–water partition coefficient (Wildman–Crippen LogP) is 3.95. The number of amides is 1. The highest BCUT2D eigenvalue weighted by Gasteiger charge is 2.33. The second kappa shape index (κ2) is 5.75. The fraction of sp³-hybridized carbons (Fsp3) is 0.467. The van der Waals surface area contributed by atoms with Gasteiger partial charge in [-0.1, -0.05) is 6.07 Å². The van der Waals surface area contributed by atoms with Gasteiger partial charge >= 0.3 is 12.3 Å². The van der Waals surface area contributed by atoms with Gasteiger partial charge in [-0.2, -0.15) is 13.2 Å². The minimum atomic E-state index is -4.48. The number of fused-ring (bicyclic) bond motifs is 1. The Morgan fingerprint density at radius 3 is 2.52 bits per heavy atom. The molecule has 0 atom stereocenters. The Hall–Kier alpha value is -2.25. The first kappa shape index (κ1) is 17.1. The molecule has 126 valence electrons. The number of imidazole rings is 1. The number of benzene rings is 1. The third-order valence-electron chi connectivity index (χ3n) is 2.96. The number of carbonyl (C=O) groups excluding carboxylic acids is 1. The van der Waals surface area contributed by atoms with Crippen LogP contribution in [0.5, 0.6) is 0 Å². The molecule has 0 saturated heterocycles. The van der Waals surface area contributed by atoms with E-state index in [0.717, 1.165) is 6.07 Å². The predicted molar refractivity (Wildman–Crippen MR) is 78.8 cm³/mol. The van der Waals surface area contributed by atoms with Crippen molar-refractivity contribution in [2.75, 3.05) is 7.05 Å². The van der Waals surface area contributed by atoms with Crippen LogP contribution >= 0.6 is 0 Å². The monoisotopic (exact) mass is 329 g/mol. The Labute approximate surface area is 131 Å². The van der Waals surface area contributed by atoms with E-state index in [9.17, 15) is 18.0 Å². The van der Waals surface area contributed by atoms with E-state index >= 15 is 0 Å². The first-order chi connectivity index (χ1) is 10.5. The van der Waals surface area contributed by atoms with Crippen molar-refractivity contribution in [2.45, 2.75) is 39.1 Å². The van der Waals surface area contributed by atoms with Crippen LogP contribution < -0.4 is 0 Å². The number of hydrogen-bond acceptors (Lipinski definition) is 3. The molecule has 2 aromatic rings. The summed E-state index contributed by atoms with van der Waals surface area (Å²) in [6, 6.07) is 3.80. The van der Waals surface area contributed by atoms with E-state index in [0.29, 0.717) is 0 Å². The number of halogens is 3. The van der Waals surface area contributed by atoms with Crippen molar-refractivity contribution in [3.05, 3.63) is 29.6 Å². The zero-order valence-electron chi connectivity index (χ0n) is 13.3. The molecule has 1 N–H and O–H groups in total. The van der Waals surface area contributed by atoms with Crippen LogP contribution in [0.2, 0.25) is 0 Å². The van der Waals surface area contributed by atoms with Crippen LogP contribution in [0.25, 0.3) is 11.0 Å². The summed E-state index contributed by atoms with van der Waals surface area (Å²) >= 11 is 0. The summed E-state index contributed by atoms with van der Waals surface area (Å²) in [5, 5.41) is 0. The Morgan fingerprint density at radius 2 is 1.96 bits per heavy atom. The van der Waals surface area contributed by atoms with Gasteiger partial charge in [0, 0.05) is 7.05 Å². The number of nitrogens with zero attached hydrogens (tertiary/aromatic N) is 2. The van der Waals surface area contributed by atoms with Crippen LogP contribution in [0.4, 0.5) is 18.0 Å². The lowest BCUT2D eigenvalue weighted by molar-refractivity contribution is -0.136. The molecule has 5 nitrogen and oxygen atoms in total. The zero-order chi connectivity index (χ0) is 17.4. The Balaban J connectivity index is 2.23. The Bertz CT molecular complexity index is 717. The summed E-state index contributed by atoms with van der Waals surface area (Å²) in [4.78, 5) is 19.9. The average molecular weight is 329 g/mol. The summed E-state index contributed by atoms with van der Waals surface area (Å²) in [6.07, 6.45) is -5.06. The van der Waals surface area contributed by atoms with Gasteiger partial charge in [-0.05, 0) is 32.9 Å². The SMILES string of the molecule is CN(Cc1nc2c(C(F)(F)F)cccc2[nH]1)C(=O)OC(C)(C)C. The van der Waals surface area contributed by atoms with Crippen LogP contribution in [-0.2, 0) is 17.5 Å². The molecule has 2 rings (SSSR count). The van der Waals surface area contributed by atoms with Crippen molar-refractivity contribution in [2.24, 2.45) is 0 Å². The van der Waals surface area contributed by atoms with Gasteiger partial charge in [0.25, 0.3) is 0 Å². The molecule has 0 fully saturated rings. The number of H-pyrrole nitrogens is 1. The van der Waals surface area contributed by atoms with Crippen molar-refractivity contribution in [1.82, 2.24) is 14.9 Å². The molecule has 0 radical (unpaired) electrons. The molecule has 0 saturated carbocycles. The van der Waals surface area contributed by atoms with Crippen molar-refractivity contribution in [1.29, 1.82) is 0 Å². The number of aromatic amines is 1. The molecule has 1 heterocycles. The standard InChI is InChI=1S/C15H18F3N3O2/c1-14(2,3)23-13(22)21(4)8-11-19-10-7-5-6-9(12(10)20-11)15(16,17)18/h5-7H,8H2,1-4H3,(H,19,20). The van der Waals surface area contributed by atoms with Gasteiger partial charge in [-0.25, -0.2) is 9.78 Å². The molecule has 0 spiro atoms. The quantitative estimate of drug-likeness (QED) is 0.907. The maximum absolute atomic E-state index is 13.0. The molecule has 0 aliphatic heterocycles. The van der Waals surface area contributed by atoms with Crippen molar-refractivity contribution in [3.8, 4) is 0 Å². The Morgan fingerprint density at radius 1 is 1.30 bits per heavy atom. The van der Waals surface area contributed by atoms with Gasteiger partial charge in [0.1, 0.15) is 16.9 Å². The van der Waals surface area contributed by atoms with Gasteiger partial charge in [0.15, 0.2) is 0 Å². The highest BCUT2D eigenvalue weighted by atomic mass is 19.4. The molecule has 1 aromatic heterocycles. The van der Waals surface area contributed by atoms with Crippen LogP contribution in [0.3, 0.4) is 0 Å². The molecule has 0 aliphatic rings. The van der Waals surface area contributed by atoms with Crippen LogP contribution in [0.15, 0.2) is 18.2 Å². The van der Waals surface area contributed by atoms with E-state index in [1.54, 1.807) is 20.8 Å². The van der Waals surface area contributed by atoms with Crippen LogP contribution in [0.1, 0.15) is 32.2 Å². The lowest BCUT2D eigenvalue weighted by Gasteiger charge is -2.24. The topological polar surface area (TPSA) is 58.2 Å². The first-order valence-electron chi connectivity index (χ1n) is 6.96. The zero-order valence-corrected chi connectivity index (χ0v) is 13.3. The molecule has 8 heteroatoms. The van der Waals surface area contributed by atoms with E-state index in [1.165, 1.54) is 24.1 Å². The molecule has 0 aliphatic carbocycles. The third kappa shape index (κ3) is 4.14. The molecular weight excluding hydrogens is 311 g/mol. The summed E-state index contributed by atoms with van der Waals surface area (Å²) in [5.74, 6) is 0.255. The van der Waals surface area contributed by atoms with Gasteiger partial charge in [-0.15, -0.1) is 0 Å². The number of ether oxygens (including phenoxy) is 1. The van der Waals surface area contributed by atoms with Crippen molar-refractivity contribution in [3.63, 3.8) is 0 Å². The van der Waals surface area contributed by atoms with E-state index in [1.807, 2.05) is 0 Å². The van der Waals surface area contributed by atoms with Gasteiger partial charge in [0.2, 0.25) is 0 Å². The second-order valence-corrected chi connectivity index (χ2v) is 6.22. The van der Waals surface area contributed by atoms with Gasteiger partial charge in [-0.3, -0.25) is 0 Å². The molecule has 0 bridgehead atoms. The maximum atomic E-state index is 13.0. The molecule has 1 amide bonds. The highest BCUT2D eigenvalue weighted by molar-refractivity contribution is 5.79. The van der Waals surface area contributed by atoms with Crippen LogP contribution in [-0.4, -0.2) is 33.6 Å². The summed E-state index contributed by atoms with van der Waals surface area (Å²) < 4.78 is 44.1. The average Bonchev–Trinajstić information content (AvgIpc) is 2.76. The summed E-state index contributed by atoms with van der Waals surface area (Å²) in [7, 11) is 1.49. The number of nitrogens with one attached hydrogen (secondary N) is 1. The van der Waals surface area contributed by atoms with Crippen molar-refractivity contribution < 1.29 is 22.7 Å². The van der Waals surface area contributed by atoms with Crippen LogP contribution in [0, 0.1) is 0 Å². The number of aromatic nitrogens is 2. The van der Waals surface area contributed by atoms with Crippen molar-refractivity contribution >= 4 is 17.1 Å². The summed E-state index contributed by atoms with van der Waals surface area (Å²) in [5.41, 5.74) is -1.35. The van der Waals surface area contributed by atoms with E-state index in [2.05, 4.69) is 9.97 Å². The molecular formula is C15H18F3N3O2. The fourth-order valence-corrected chi connectivity index (χ4v) is 2.02. The number of para-hydroxylation sites is 1. The number of alkyl halides is 3.